The minimum absolute atomic E-state index is 0.165. The molecule has 0 aliphatic heterocycles. The number of hydrogen-bond acceptors (Lipinski definition) is 3. The molecule has 2 aromatic heterocycles. The van der Waals surface area contributed by atoms with Crippen LogP contribution in [0.2, 0.25) is 0 Å². The molecule has 0 saturated carbocycles. The fourth-order valence-corrected chi connectivity index (χ4v) is 2.43. The second kappa shape index (κ2) is 5.85. The lowest BCUT2D eigenvalue weighted by Crippen LogP contribution is -2.16. The molecule has 0 spiro atoms. The molecule has 0 aliphatic rings. The van der Waals surface area contributed by atoms with Crippen molar-refractivity contribution >= 4 is 12.2 Å². The van der Waals surface area contributed by atoms with Crippen molar-refractivity contribution in [1.29, 1.82) is 0 Å². The fourth-order valence-electron chi connectivity index (χ4n) is 2.24. The van der Waals surface area contributed by atoms with Gasteiger partial charge < -0.3 is 4.98 Å². The first-order valence-electron chi connectivity index (χ1n) is 6.54. The van der Waals surface area contributed by atoms with Crippen molar-refractivity contribution in [1.82, 2.24) is 15.0 Å². The van der Waals surface area contributed by atoms with Gasteiger partial charge in [0.05, 0.1) is 5.69 Å². The van der Waals surface area contributed by atoms with Crippen molar-refractivity contribution in [2.45, 2.75) is 6.42 Å². The molecule has 104 valence electrons. The minimum atomic E-state index is -0.165. The summed E-state index contributed by atoms with van der Waals surface area (Å²) in [5, 5.41) is 0. The summed E-state index contributed by atoms with van der Waals surface area (Å²) in [6.45, 7) is 0. The normalized spacial score (nSPS) is 10.5. The molecule has 0 radical (unpaired) electrons. The highest BCUT2D eigenvalue weighted by Crippen LogP contribution is 2.20. The number of H-pyrrole nitrogens is 2. The van der Waals surface area contributed by atoms with Gasteiger partial charge in [-0.25, -0.2) is 0 Å². The first kappa shape index (κ1) is 13.5. The smallest absolute Gasteiger partial charge is 0.255 e. The summed E-state index contributed by atoms with van der Waals surface area (Å²) in [5.41, 5.74) is 3.16. The van der Waals surface area contributed by atoms with Crippen molar-refractivity contribution in [3.63, 3.8) is 0 Å². The second-order valence-electron chi connectivity index (χ2n) is 4.67. The average molecular weight is 295 g/mol. The molecule has 4 nitrogen and oxygen atoms in total. The average Bonchev–Trinajstić information content (AvgIpc) is 2.51. The van der Waals surface area contributed by atoms with E-state index in [2.05, 4.69) is 15.0 Å². The summed E-state index contributed by atoms with van der Waals surface area (Å²) >= 11 is 5.09. The zero-order valence-corrected chi connectivity index (χ0v) is 12.0. The van der Waals surface area contributed by atoms with E-state index in [0.29, 0.717) is 16.8 Å². The number of aromatic amines is 2. The van der Waals surface area contributed by atoms with Crippen LogP contribution in [-0.4, -0.2) is 15.0 Å². The Hall–Kier alpha value is -2.53. The zero-order valence-electron chi connectivity index (χ0n) is 11.2. The molecule has 3 rings (SSSR count). The molecule has 2 heterocycles. The summed E-state index contributed by atoms with van der Waals surface area (Å²) in [5.74, 6) is 0. The third-order valence-corrected chi connectivity index (χ3v) is 3.41. The third kappa shape index (κ3) is 2.98. The van der Waals surface area contributed by atoms with Gasteiger partial charge in [0.2, 0.25) is 0 Å². The molecule has 2 N–H and O–H groups in total. The van der Waals surface area contributed by atoms with Gasteiger partial charge in [-0.2, -0.15) is 0 Å². The van der Waals surface area contributed by atoms with E-state index in [1.165, 1.54) is 0 Å². The van der Waals surface area contributed by atoms with Gasteiger partial charge >= 0.3 is 0 Å². The van der Waals surface area contributed by atoms with Gasteiger partial charge in [-0.1, -0.05) is 36.4 Å². The maximum Gasteiger partial charge on any atom is 0.255 e. The highest BCUT2D eigenvalue weighted by Gasteiger charge is 2.11. The molecule has 3 aromatic rings. The van der Waals surface area contributed by atoms with Crippen molar-refractivity contribution < 1.29 is 0 Å². The van der Waals surface area contributed by atoms with Gasteiger partial charge in [-0.05, 0) is 29.4 Å². The second-order valence-corrected chi connectivity index (χ2v) is 5.07. The molecular formula is C16H13N3OS. The Labute approximate surface area is 126 Å². The number of aromatic nitrogens is 3. The largest absolute Gasteiger partial charge is 0.331 e. The molecular weight excluding hydrogens is 282 g/mol. The van der Waals surface area contributed by atoms with Crippen molar-refractivity contribution in [3.05, 3.63) is 81.1 Å². The summed E-state index contributed by atoms with van der Waals surface area (Å²) in [7, 11) is 0. The number of nitrogens with one attached hydrogen (secondary N) is 2. The van der Waals surface area contributed by atoms with Crippen LogP contribution in [0.25, 0.3) is 11.3 Å². The topological polar surface area (TPSA) is 61.5 Å². The summed E-state index contributed by atoms with van der Waals surface area (Å²) in [6, 6.07) is 13.5. The molecule has 0 fully saturated rings. The van der Waals surface area contributed by atoms with Gasteiger partial charge in [-0.15, -0.1) is 0 Å². The Morgan fingerprint density at radius 1 is 1.05 bits per heavy atom. The van der Waals surface area contributed by atoms with E-state index in [0.717, 1.165) is 16.8 Å². The van der Waals surface area contributed by atoms with Crippen molar-refractivity contribution in [2.24, 2.45) is 0 Å². The van der Waals surface area contributed by atoms with Gasteiger partial charge in [0.25, 0.3) is 5.56 Å². The number of rotatable bonds is 3. The molecule has 1 aromatic carbocycles. The predicted octanol–water partition coefficient (Wildman–Crippen LogP) is 3.09. The van der Waals surface area contributed by atoms with Gasteiger partial charge in [0.15, 0.2) is 4.77 Å². The first-order chi connectivity index (χ1) is 10.2. The molecule has 0 atom stereocenters. The first-order valence-corrected chi connectivity index (χ1v) is 6.94. The van der Waals surface area contributed by atoms with Crippen LogP contribution in [0.5, 0.6) is 0 Å². The van der Waals surface area contributed by atoms with E-state index in [4.69, 9.17) is 12.2 Å². The summed E-state index contributed by atoms with van der Waals surface area (Å²) in [4.78, 5) is 22.1. The van der Waals surface area contributed by atoms with E-state index in [1.807, 2.05) is 42.5 Å². The Kier molecular flexibility index (Phi) is 3.75. The lowest BCUT2D eigenvalue weighted by molar-refractivity contribution is 1.01. The third-order valence-electron chi connectivity index (χ3n) is 3.21. The molecule has 0 saturated heterocycles. The number of pyridine rings is 1. The maximum absolute atomic E-state index is 12.3. The Balaban J connectivity index is 2.16. The Morgan fingerprint density at radius 3 is 2.57 bits per heavy atom. The summed E-state index contributed by atoms with van der Waals surface area (Å²) in [6.07, 6.45) is 3.97. The molecule has 0 bridgehead atoms. The lowest BCUT2D eigenvalue weighted by atomic mass is 10.0. The quantitative estimate of drug-likeness (QED) is 0.730. The highest BCUT2D eigenvalue weighted by molar-refractivity contribution is 7.71. The van der Waals surface area contributed by atoms with Crippen LogP contribution < -0.4 is 5.56 Å². The molecule has 0 amide bonds. The van der Waals surface area contributed by atoms with Crippen LogP contribution in [0, 0.1) is 4.77 Å². The number of nitrogens with zero attached hydrogens (tertiary/aromatic N) is 1. The molecule has 5 heteroatoms. The maximum atomic E-state index is 12.3. The zero-order chi connectivity index (χ0) is 14.7. The van der Waals surface area contributed by atoms with Crippen LogP contribution in [0.3, 0.4) is 0 Å². The van der Waals surface area contributed by atoms with Crippen LogP contribution in [-0.2, 0) is 6.42 Å². The fraction of sp³-hybridized carbons (Fsp3) is 0.0625. The van der Waals surface area contributed by atoms with Crippen LogP contribution in [0.4, 0.5) is 0 Å². The SMILES string of the molecule is O=c1[nH]c(=S)[nH]c(-c2ccccc2)c1Cc1cccnc1. The molecule has 0 unspecified atom stereocenters. The predicted molar refractivity (Wildman–Crippen MR) is 84.7 cm³/mol. The Morgan fingerprint density at radius 2 is 1.86 bits per heavy atom. The standard InChI is InChI=1S/C16H13N3OS/c20-15-13(9-11-5-4-8-17-10-11)14(18-16(21)19-15)12-6-2-1-3-7-12/h1-8,10H,9H2,(H2,18,19,20,21). The van der Waals surface area contributed by atoms with Crippen molar-refractivity contribution in [3.8, 4) is 11.3 Å². The van der Waals surface area contributed by atoms with Crippen LogP contribution in [0.1, 0.15) is 11.1 Å². The van der Waals surface area contributed by atoms with Gasteiger partial charge in [0, 0.05) is 24.4 Å². The van der Waals surface area contributed by atoms with Crippen LogP contribution in [0.15, 0.2) is 59.7 Å². The number of hydrogen-bond donors (Lipinski definition) is 2. The lowest BCUT2D eigenvalue weighted by Gasteiger charge is -2.09. The van der Waals surface area contributed by atoms with Gasteiger partial charge in [0.1, 0.15) is 0 Å². The minimum Gasteiger partial charge on any atom is -0.331 e. The van der Waals surface area contributed by atoms with E-state index >= 15 is 0 Å². The Bertz CT molecular complexity index is 854. The monoisotopic (exact) mass is 295 g/mol. The van der Waals surface area contributed by atoms with Gasteiger partial charge in [-0.3, -0.25) is 14.8 Å². The summed E-state index contributed by atoms with van der Waals surface area (Å²) < 4.78 is 0.328. The highest BCUT2D eigenvalue weighted by atomic mass is 32.1. The van der Waals surface area contributed by atoms with E-state index in [-0.39, 0.29) is 5.56 Å². The molecule has 21 heavy (non-hydrogen) atoms. The number of benzene rings is 1. The van der Waals surface area contributed by atoms with Crippen LogP contribution >= 0.6 is 12.2 Å². The molecule has 0 aliphatic carbocycles. The van der Waals surface area contributed by atoms with E-state index in [1.54, 1.807) is 12.4 Å². The van der Waals surface area contributed by atoms with Crippen molar-refractivity contribution in [2.75, 3.05) is 0 Å². The van der Waals surface area contributed by atoms with E-state index < -0.39 is 0 Å². The van der Waals surface area contributed by atoms with E-state index in [9.17, 15) is 4.79 Å².